The SMILES string of the molecule is CCCCCCCC(CCCC)c1cccnc1. The molecule has 1 atom stereocenters. The summed E-state index contributed by atoms with van der Waals surface area (Å²) < 4.78 is 0. The van der Waals surface area contributed by atoms with E-state index in [1.165, 1.54) is 63.4 Å². The highest BCUT2D eigenvalue weighted by atomic mass is 14.6. The maximum absolute atomic E-state index is 4.27. The van der Waals surface area contributed by atoms with E-state index in [2.05, 4.69) is 37.2 Å². The summed E-state index contributed by atoms with van der Waals surface area (Å²) in [5, 5.41) is 0. The maximum atomic E-state index is 4.27. The predicted molar refractivity (Wildman–Crippen MR) is 79.9 cm³/mol. The summed E-state index contributed by atoms with van der Waals surface area (Å²) in [6.45, 7) is 4.56. The summed E-state index contributed by atoms with van der Waals surface area (Å²) in [4.78, 5) is 4.27. The van der Waals surface area contributed by atoms with Crippen molar-refractivity contribution in [3.63, 3.8) is 0 Å². The standard InChI is InChI=1S/C17H29N/c1-3-5-7-8-9-12-16(11-6-4-2)17-13-10-14-18-15-17/h10,13-16H,3-9,11-12H2,1-2H3. The third kappa shape index (κ3) is 6.18. The Hall–Kier alpha value is -0.850. The zero-order valence-electron chi connectivity index (χ0n) is 12.2. The number of hydrogen-bond acceptors (Lipinski definition) is 1. The Bertz CT molecular complexity index is 281. The van der Waals surface area contributed by atoms with Crippen LogP contribution in [0, 0.1) is 0 Å². The third-order valence-corrected chi connectivity index (χ3v) is 3.72. The molecule has 1 aromatic heterocycles. The second-order valence-corrected chi connectivity index (χ2v) is 5.33. The van der Waals surface area contributed by atoms with Crippen LogP contribution in [0.2, 0.25) is 0 Å². The lowest BCUT2D eigenvalue weighted by molar-refractivity contribution is 0.504. The molecule has 1 nitrogen and oxygen atoms in total. The van der Waals surface area contributed by atoms with Crippen LogP contribution in [0.1, 0.15) is 83.1 Å². The summed E-state index contributed by atoms with van der Waals surface area (Å²) in [6, 6.07) is 4.32. The minimum atomic E-state index is 0.736. The molecule has 0 saturated heterocycles. The van der Waals surface area contributed by atoms with Gasteiger partial charge in [0.2, 0.25) is 0 Å². The quantitative estimate of drug-likeness (QED) is 0.482. The molecule has 0 amide bonds. The molecule has 1 aromatic rings. The van der Waals surface area contributed by atoms with Gasteiger partial charge < -0.3 is 0 Å². The third-order valence-electron chi connectivity index (χ3n) is 3.72. The molecule has 1 heterocycles. The van der Waals surface area contributed by atoms with E-state index in [9.17, 15) is 0 Å². The summed E-state index contributed by atoms with van der Waals surface area (Å²) in [7, 11) is 0. The minimum Gasteiger partial charge on any atom is -0.264 e. The normalized spacial score (nSPS) is 12.6. The molecule has 0 fully saturated rings. The molecule has 0 spiro atoms. The molecular weight excluding hydrogens is 218 g/mol. The van der Waals surface area contributed by atoms with E-state index in [0.29, 0.717) is 0 Å². The first-order valence-corrected chi connectivity index (χ1v) is 7.78. The molecule has 0 radical (unpaired) electrons. The Morgan fingerprint density at radius 1 is 0.944 bits per heavy atom. The van der Waals surface area contributed by atoms with Crippen LogP contribution in [-0.2, 0) is 0 Å². The van der Waals surface area contributed by atoms with Gasteiger partial charge in [-0.25, -0.2) is 0 Å². The average molecular weight is 247 g/mol. The lowest BCUT2D eigenvalue weighted by Crippen LogP contribution is -2.00. The van der Waals surface area contributed by atoms with Crippen LogP contribution in [0.15, 0.2) is 24.5 Å². The molecule has 0 bridgehead atoms. The fraction of sp³-hybridized carbons (Fsp3) is 0.706. The Balaban J connectivity index is 2.36. The Morgan fingerprint density at radius 2 is 1.67 bits per heavy atom. The molecule has 1 rings (SSSR count). The van der Waals surface area contributed by atoms with Crippen LogP contribution < -0.4 is 0 Å². The van der Waals surface area contributed by atoms with Gasteiger partial charge in [0.1, 0.15) is 0 Å². The molecule has 102 valence electrons. The summed E-state index contributed by atoms with van der Waals surface area (Å²) in [5.41, 5.74) is 1.45. The smallest absolute Gasteiger partial charge is 0.0302 e. The van der Waals surface area contributed by atoms with Gasteiger partial charge in [0.15, 0.2) is 0 Å². The van der Waals surface area contributed by atoms with E-state index in [0.717, 1.165) is 5.92 Å². The Kier molecular flexibility index (Phi) is 8.54. The molecule has 18 heavy (non-hydrogen) atoms. The molecular formula is C17H29N. The number of rotatable bonds is 10. The first-order valence-electron chi connectivity index (χ1n) is 7.78. The maximum Gasteiger partial charge on any atom is 0.0302 e. The number of pyridine rings is 1. The Labute approximate surface area is 113 Å². The highest BCUT2D eigenvalue weighted by Crippen LogP contribution is 2.27. The van der Waals surface area contributed by atoms with Gasteiger partial charge in [0.25, 0.3) is 0 Å². The molecule has 0 N–H and O–H groups in total. The van der Waals surface area contributed by atoms with E-state index in [1.807, 2.05) is 6.20 Å². The highest BCUT2D eigenvalue weighted by Gasteiger charge is 2.10. The van der Waals surface area contributed by atoms with Crippen molar-refractivity contribution in [3.05, 3.63) is 30.1 Å². The second-order valence-electron chi connectivity index (χ2n) is 5.33. The molecule has 1 heteroatoms. The van der Waals surface area contributed by atoms with E-state index in [4.69, 9.17) is 0 Å². The summed E-state index contributed by atoms with van der Waals surface area (Å²) in [6.07, 6.45) is 16.2. The Morgan fingerprint density at radius 3 is 2.33 bits per heavy atom. The number of nitrogens with zero attached hydrogens (tertiary/aromatic N) is 1. The number of aromatic nitrogens is 1. The van der Waals surface area contributed by atoms with Gasteiger partial charge in [-0.3, -0.25) is 4.98 Å². The fourth-order valence-corrected chi connectivity index (χ4v) is 2.54. The van der Waals surface area contributed by atoms with E-state index in [-0.39, 0.29) is 0 Å². The lowest BCUT2D eigenvalue weighted by atomic mass is 9.89. The van der Waals surface area contributed by atoms with Gasteiger partial charge in [-0.1, -0.05) is 64.9 Å². The van der Waals surface area contributed by atoms with Gasteiger partial charge in [-0.2, -0.15) is 0 Å². The van der Waals surface area contributed by atoms with Crippen molar-refractivity contribution in [1.29, 1.82) is 0 Å². The molecule has 0 aliphatic heterocycles. The van der Waals surface area contributed by atoms with Gasteiger partial charge in [0.05, 0.1) is 0 Å². The topological polar surface area (TPSA) is 12.9 Å². The fourth-order valence-electron chi connectivity index (χ4n) is 2.54. The van der Waals surface area contributed by atoms with Crippen molar-refractivity contribution in [2.75, 3.05) is 0 Å². The van der Waals surface area contributed by atoms with Crippen molar-refractivity contribution < 1.29 is 0 Å². The molecule has 0 aliphatic rings. The molecule has 0 aromatic carbocycles. The van der Waals surface area contributed by atoms with Crippen LogP contribution in [0.3, 0.4) is 0 Å². The van der Waals surface area contributed by atoms with Crippen LogP contribution in [-0.4, -0.2) is 4.98 Å². The summed E-state index contributed by atoms with van der Waals surface area (Å²) in [5.74, 6) is 0.736. The van der Waals surface area contributed by atoms with Crippen LogP contribution >= 0.6 is 0 Å². The van der Waals surface area contributed by atoms with Crippen molar-refractivity contribution in [2.24, 2.45) is 0 Å². The van der Waals surface area contributed by atoms with E-state index < -0.39 is 0 Å². The lowest BCUT2D eigenvalue weighted by Gasteiger charge is -2.16. The first-order chi connectivity index (χ1) is 8.88. The molecule has 1 unspecified atom stereocenters. The predicted octanol–water partition coefficient (Wildman–Crippen LogP) is 5.72. The first kappa shape index (κ1) is 15.2. The van der Waals surface area contributed by atoms with Crippen molar-refractivity contribution in [1.82, 2.24) is 4.98 Å². The molecule has 0 aliphatic carbocycles. The monoisotopic (exact) mass is 247 g/mol. The van der Waals surface area contributed by atoms with Crippen LogP contribution in [0.4, 0.5) is 0 Å². The van der Waals surface area contributed by atoms with E-state index >= 15 is 0 Å². The van der Waals surface area contributed by atoms with Crippen molar-refractivity contribution >= 4 is 0 Å². The minimum absolute atomic E-state index is 0.736. The van der Waals surface area contributed by atoms with Crippen LogP contribution in [0.25, 0.3) is 0 Å². The second kappa shape index (κ2) is 10.1. The van der Waals surface area contributed by atoms with Gasteiger partial charge >= 0.3 is 0 Å². The van der Waals surface area contributed by atoms with Gasteiger partial charge in [0, 0.05) is 12.4 Å². The van der Waals surface area contributed by atoms with Crippen molar-refractivity contribution in [3.8, 4) is 0 Å². The largest absolute Gasteiger partial charge is 0.264 e. The molecule has 0 saturated carbocycles. The van der Waals surface area contributed by atoms with Crippen molar-refractivity contribution in [2.45, 2.75) is 77.6 Å². The van der Waals surface area contributed by atoms with Gasteiger partial charge in [-0.15, -0.1) is 0 Å². The van der Waals surface area contributed by atoms with E-state index in [1.54, 1.807) is 0 Å². The average Bonchev–Trinajstić information content (AvgIpc) is 2.43. The zero-order valence-corrected chi connectivity index (χ0v) is 12.2. The van der Waals surface area contributed by atoms with Gasteiger partial charge in [-0.05, 0) is 30.4 Å². The number of hydrogen-bond donors (Lipinski definition) is 0. The number of unbranched alkanes of at least 4 members (excludes halogenated alkanes) is 5. The zero-order chi connectivity index (χ0) is 13.1. The van der Waals surface area contributed by atoms with Crippen LogP contribution in [0.5, 0.6) is 0 Å². The summed E-state index contributed by atoms with van der Waals surface area (Å²) >= 11 is 0. The highest BCUT2D eigenvalue weighted by molar-refractivity contribution is 5.14.